The molecule has 1 aromatic rings. The number of nitrogens with zero attached hydrogens (tertiary/aromatic N) is 1. The zero-order valence-corrected chi connectivity index (χ0v) is 12.4. The van der Waals surface area contributed by atoms with Gasteiger partial charge in [0.25, 0.3) is 0 Å². The van der Waals surface area contributed by atoms with Crippen molar-refractivity contribution in [1.82, 2.24) is 4.90 Å². The zero-order chi connectivity index (χ0) is 11.7. The van der Waals surface area contributed by atoms with Crippen molar-refractivity contribution < 1.29 is 35.8 Å². The first-order valence-corrected chi connectivity index (χ1v) is 5.16. The third-order valence-electron chi connectivity index (χ3n) is 2.94. The quantitative estimate of drug-likeness (QED) is 0.763. The van der Waals surface area contributed by atoms with Gasteiger partial charge >= 0.3 is 5.97 Å². The molecule has 0 bridgehead atoms. The molecule has 17 heavy (non-hydrogen) atoms. The molecule has 90 valence electrons. The van der Waals surface area contributed by atoms with Crippen LogP contribution in [0.3, 0.4) is 0 Å². The molecule has 5 heteroatoms. The number of hydrogen-bond donors (Lipinski definition) is 1. The van der Waals surface area contributed by atoms with Gasteiger partial charge in [0.1, 0.15) is 6.04 Å². The van der Waals surface area contributed by atoms with E-state index in [-0.39, 0.29) is 27.0 Å². The number of hydrogen-bond acceptors (Lipinski definition) is 2. The van der Waals surface area contributed by atoms with Crippen LogP contribution in [0.5, 0.6) is 0 Å². The normalized spacial score (nSPS) is 17.9. The van der Waals surface area contributed by atoms with E-state index in [2.05, 4.69) is 0 Å². The maximum absolute atomic E-state index is 11.4. The Hall–Kier alpha value is -1.15. The molecule has 1 N–H and O–H groups in total. The van der Waals surface area contributed by atoms with Crippen molar-refractivity contribution in [2.45, 2.75) is 25.9 Å². The Balaban J connectivity index is 0.00000144. The third-order valence-corrected chi connectivity index (χ3v) is 2.94. The van der Waals surface area contributed by atoms with Crippen LogP contribution in [0.1, 0.15) is 18.1 Å². The molecule has 1 unspecified atom stereocenters. The number of benzene rings is 1. The first-order valence-electron chi connectivity index (χ1n) is 5.16. The van der Waals surface area contributed by atoms with E-state index >= 15 is 0 Å². The Morgan fingerprint density at radius 1 is 1.29 bits per heavy atom. The molecule has 0 radical (unpaired) electrons. The number of carbonyl (C=O) groups is 2. The zero-order valence-electron chi connectivity index (χ0n) is 9.42. The van der Waals surface area contributed by atoms with Crippen LogP contribution in [0.2, 0.25) is 0 Å². The summed E-state index contributed by atoms with van der Waals surface area (Å²) in [5.74, 6) is -1.13. The molecule has 1 aliphatic heterocycles. The van der Waals surface area contributed by atoms with E-state index in [0.717, 1.165) is 11.1 Å². The minimum absolute atomic E-state index is 0. The van der Waals surface area contributed by atoms with Crippen molar-refractivity contribution in [1.29, 1.82) is 0 Å². The molecule has 1 aromatic carbocycles. The summed E-state index contributed by atoms with van der Waals surface area (Å²) in [5, 5.41) is 9.09. The number of carboxylic acid groups (broad SMARTS) is 1. The third kappa shape index (κ3) is 2.75. The molecule has 1 heterocycles. The Bertz CT molecular complexity index is 406. The number of fused-ring (bicyclic) bond motifs is 1. The number of rotatable bonds is 1. The SMILES string of the molecule is CC(=O)N1Cc2ccccc2CC1C(=O)O.[W]. The van der Waals surface area contributed by atoms with Gasteiger partial charge in [-0.1, -0.05) is 24.3 Å². The molecule has 1 aliphatic rings. The minimum atomic E-state index is -0.940. The number of carbonyl (C=O) groups excluding carboxylic acids is 1. The van der Waals surface area contributed by atoms with Crippen molar-refractivity contribution in [3.63, 3.8) is 0 Å². The first kappa shape index (κ1) is 13.9. The maximum atomic E-state index is 11.4. The van der Waals surface area contributed by atoms with Crippen molar-refractivity contribution in [3.8, 4) is 0 Å². The van der Waals surface area contributed by atoms with Crippen molar-refractivity contribution in [2.75, 3.05) is 0 Å². The summed E-state index contributed by atoms with van der Waals surface area (Å²) in [4.78, 5) is 23.9. The maximum Gasteiger partial charge on any atom is 0.326 e. The predicted molar refractivity (Wildman–Crippen MR) is 57.8 cm³/mol. The molecule has 0 spiro atoms. The summed E-state index contributed by atoms with van der Waals surface area (Å²) < 4.78 is 0. The summed E-state index contributed by atoms with van der Waals surface area (Å²) in [6, 6.07) is 6.92. The number of amides is 1. The average molecular weight is 403 g/mol. The van der Waals surface area contributed by atoms with E-state index in [1.807, 2.05) is 24.3 Å². The van der Waals surface area contributed by atoms with E-state index < -0.39 is 12.0 Å². The summed E-state index contributed by atoms with van der Waals surface area (Å²) >= 11 is 0. The van der Waals surface area contributed by atoms with Gasteiger partial charge in [-0.05, 0) is 11.1 Å². The summed E-state index contributed by atoms with van der Waals surface area (Å²) in [6.45, 7) is 1.80. The van der Waals surface area contributed by atoms with Crippen molar-refractivity contribution >= 4 is 11.9 Å². The Labute approximate surface area is 114 Å². The largest absolute Gasteiger partial charge is 0.480 e. The topological polar surface area (TPSA) is 57.6 Å². The Kier molecular flexibility index (Phi) is 4.46. The molecular formula is C12H13NO3W. The monoisotopic (exact) mass is 403 g/mol. The molecule has 1 atom stereocenters. The Morgan fingerprint density at radius 2 is 1.88 bits per heavy atom. The van der Waals surface area contributed by atoms with Gasteiger partial charge in [-0.2, -0.15) is 0 Å². The summed E-state index contributed by atoms with van der Waals surface area (Å²) in [6.07, 6.45) is 0.394. The number of aliphatic carboxylic acids is 1. The van der Waals surface area contributed by atoms with Gasteiger partial charge in [0, 0.05) is 41.0 Å². The Morgan fingerprint density at radius 3 is 2.41 bits per heavy atom. The van der Waals surface area contributed by atoms with Crippen LogP contribution in [0.4, 0.5) is 0 Å². The van der Waals surface area contributed by atoms with Crippen LogP contribution < -0.4 is 0 Å². The fourth-order valence-corrected chi connectivity index (χ4v) is 2.07. The average Bonchev–Trinajstić information content (AvgIpc) is 2.27. The molecule has 0 saturated carbocycles. The van der Waals surface area contributed by atoms with Crippen LogP contribution >= 0.6 is 0 Å². The van der Waals surface area contributed by atoms with Crippen molar-refractivity contribution in [3.05, 3.63) is 35.4 Å². The molecule has 0 fully saturated rings. The predicted octanol–water partition coefficient (Wildman–Crippen LogP) is 1.04. The van der Waals surface area contributed by atoms with Crippen molar-refractivity contribution in [2.24, 2.45) is 0 Å². The van der Waals surface area contributed by atoms with Crippen LogP contribution in [-0.4, -0.2) is 27.9 Å². The molecule has 0 aliphatic carbocycles. The van der Waals surface area contributed by atoms with Gasteiger partial charge in [-0.15, -0.1) is 0 Å². The minimum Gasteiger partial charge on any atom is -0.480 e. The van der Waals surface area contributed by atoms with Gasteiger partial charge in [0.05, 0.1) is 0 Å². The molecule has 4 nitrogen and oxygen atoms in total. The van der Waals surface area contributed by atoms with E-state index in [9.17, 15) is 9.59 Å². The van der Waals surface area contributed by atoms with E-state index in [4.69, 9.17) is 5.11 Å². The van der Waals surface area contributed by atoms with Crippen LogP contribution in [0.25, 0.3) is 0 Å². The smallest absolute Gasteiger partial charge is 0.326 e. The first-order chi connectivity index (χ1) is 7.59. The van der Waals surface area contributed by atoms with Gasteiger partial charge in [-0.3, -0.25) is 4.79 Å². The van der Waals surface area contributed by atoms with Gasteiger partial charge in [0.15, 0.2) is 0 Å². The molecule has 0 aromatic heterocycles. The standard InChI is InChI=1S/C12H13NO3.W/c1-8(14)13-7-10-5-3-2-4-9(10)6-11(13)12(15)16;/h2-5,11H,6-7H2,1H3,(H,15,16);. The molecular weight excluding hydrogens is 390 g/mol. The summed E-state index contributed by atoms with van der Waals surface area (Å²) in [7, 11) is 0. The number of carboxylic acids is 1. The second-order valence-corrected chi connectivity index (χ2v) is 3.97. The van der Waals surface area contributed by atoms with Crippen LogP contribution in [-0.2, 0) is 43.6 Å². The van der Waals surface area contributed by atoms with Crippen LogP contribution in [0, 0.1) is 0 Å². The van der Waals surface area contributed by atoms with E-state index in [0.29, 0.717) is 13.0 Å². The van der Waals surface area contributed by atoms with Crippen LogP contribution in [0.15, 0.2) is 24.3 Å². The second kappa shape index (κ2) is 5.45. The summed E-state index contributed by atoms with van der Waals surface area (Å²) in [5.41, 5.74) is 2.06. The second-order valence-electron chi connectivity index (χ2n) is 3.97. The fourth-order valence-electron chi connectivity index (χ4n) is 2.07. The van der Waals surface area contributed by atoms with E-state index in [1.165, 1.54) is 11.8 Å². The van der Waals surface area contributed by atoms with Gasteiger partial charge in [0.2, 0.25) is 5.91 Å². The molecule has 1 amide bonds. The van der Waals surface area contributed by atoms with Gasteiger partial charge < -0.3 is 10.0 Å². The fraction of sp³-hybridized carbons (Fsp3) is 0.333. The molecule has 2 rings (SSSR count). The van der Waals surface area contributed by atoms with E-state index in [1.54, 1.807) is 0 Å². The molecule has 0 saturated heterocycles. The van der Waals surface area contributed by atoms with Gasteiger partial charge in [-0.25, -0.2) is 4.79 Å².